The summed E-state index contributed by atoms with van der Waals surface area (Å²) >= 11 is 0. The summed E-state index contributed by atoms with van der Waals surface area (Å²) in [4.78, 5) is 0. The molecule has 2 nitrogen and oxygen atoms in total. The fraction of sp³-hybridized carbons (Fsp3) is 0.588. The summed E-state index contributed by atoms with van der Waals surface area (Å²) in [7, 11) is 0. The third kappa shape index (κ3) is 3.72. The Hall–Kier alpha value is -1.51. The van der Waals surface area contributed by atoms with Gasteiger partial charge in [0.1, 0.15) is 0 Å². The summed E-state index contributed by atoms with van der Waals surface area (Å²) in [5.41, 5.74) is 0.636. The topological polar surface area (TPSA) is 33.0 Å². The van der Waals surface area contributed by atoms with Gasteiger partial charge >= 0.3 is 0 Å². The molecule has 102 valence electrons. The molecule has 1 aliphatic carbocycles. The van der Waals surface area contributed by atoms with Gasteiger partial charge in [-0.1, -0.05) is 17.6 Å². The number of hydrogen-bond donors (Lipinski definition) is 0. The van der Waals surface area contributed by atoms with E-state index < -0.39 is 5.41 Å². The first-order valence-electron chi connectivity index (χ1n) is 6.84. The van der Waals surface area contributed by atoms with E-state index in [4.69, 9.17) is 11.2 Å². The molecule has 0 aromatic heterocycles. The van der Waals surface area contributed by atoms with Crippen LogP contribution in [0.1, 0.15) is 39.0 Å². The van der Waals surface area contributed by atoms with Crippen molar-refractivity contribution in [3.63, 3.8) is 0 Å². The van der Waals surface area contributed by atoms with Gasteiger partial charge in [-0.25, -0.2) is 0 Å². The molecule has 0 spiro atoms. The minimum absolute atomic E-state index is 0.0264. The zero-order chi connectivity index (χ0) is 14.3. The zero-order valence-electron chi connectivity index (χ0n) is 11.8. The predicted octanol–water partition coefficient (Wildman–Crippen LogP) is 3.86. The van der Waals surface area contributed by atoms with Gasteiger partial charge in [-0.05, 0) is 39.0 Å². The summed E-state index contributed by atoms with van der Waals surface area (Å²) in [6.07, 6.45) is 11.8. The highest BCUT2D eigenvalue weighted by Gasteiger charge is 2.45. The van der Waals surface area contributed by atoms with Crippen LogP contribution in [0.3, 0.4) is 0 Å². The van der Waals surface area contributed by atoms with Crippen LogP contribution in [-0.4, -0.2) is 12.7 Å². The maximum Gasteiger partial charge on any atom is 0.0739 e. The molecular weight excluding hydrogens is 234 g/mol. The Labute approximate surface area is 117 Å². The van der Waals surface area contributed by atoms with Crippen LogP contribution in [0.25, 0.3) is 0 Å². The largest absolute Gasteiger partial charge is 0.373 e. The molecule has 1 aliphatic rings. The third-order valence-electron chi connectivity index (χ3n) is 3.91. The van der Waals surface area contributed by atoms with Crippen molar-refractivity contribution in [3.8, 4) is 18.4 Å². The standard InChI is InChI=1S/C17H23NO/c1-5-12-19-16-8-7-10-17(13-18,15(16)6-2)11-9-14(3)4/h2,5,15-16H,1,3,7-12H2,4H3/t15-,16-,17-/m1/s1. The van der Waals surface area contributed by atoms with Crippen LogP contribution in [0.15, 0.2) is 24.8 Å². The fourth-order valence-electron chi connectivity index (χ4n) is 2.83. The van der Waals surface area contributed by atoms with Crippen molar-refractivity contribution in [1.82, 2.24) is 0 Å². The summed E-state index contributed by atoms with van der Waals surface area (Å²) < 4.78 is 5.77. The van der Waals surface area contributed by atoms with Crippen molar-refractivity contribution in [2.45, 2.75) is 45.1 Å². The molecule has 0 heterocycles. The van der Waals surface area contributed by atoms with Crippen molar-refractivity contribution >= 4 is 0 Å². The molecule has 1 rings (SSSR count). The first kappa shape index (κ1) is 15.5. The lowest BCUT2D eigenvalue weighted by Gasteiger charge is -2.41. The van der Waals surface area contributed by atoms with E-state index in [1.54, 1.807) is 6.08 Å². The van der Waals surface area contributed by atoms with Crippen molar-refractivity contribution in [3.05, 3.63) is 24.8 Å². The summed E-state index contributed by atoms with van der Waals surface area (Å²) in [6, 6.07) is 2.49. The average molecular weight is 257 g/mol. The summed E-state index contributed by atoms with van der Waals surface area (Å²) in [6.45, 7) is 10.1. The Kier molecular flexibility index (Phi) is 5.87. The van der Waals surface area contributed by atoms with E-state index in [2.05, 4.69) is 25.1 Å². The molecule has 0 aliphatic heterocycles. The second kappa shape index (κ2) is 7.17. The molecule has 0 aromatic carbocycles. The van der Waals surface area contributed by atoms with Gasteiger partial charge in [0.2, 0.25) is 0 Å². The molecule has 3 atom stereocenters. The van der Waals surface area contributed by atoms with Crippen molar-refractivity contribution in [1.29, 1.82) is 5.26 Å². The van der Waals surface area contributed by atoms with Crippen LogP contribution < -0.4 is 0 Å². The zero-order valence-corrected chi connectivity index (χ0v) is 11.8. The van der Waals surface area contributed by atoms with Crippen LogP contribution in [0, 0.1) is 35.0 Å². The Morgan fingerprint density at radius 1 is 1.63 bits per heavy atom. The molecule has 1 fully saturated rings. The van der Waals surface area contributed by atoms with Gasteiger partial charge in [0.05, 0.1) is 30.1 Å². The van der Waals surface area contributed by atoms with Gasteiger partial charge in [0, 0.05) is 0 Å². The highest BCUT2D eigenvalue weighted by Crippen LogP contribution is 2.45. The number of rotatable bonds is 6. The lowest BCUT2D eigenvalue weighted by atomic mass is 9.63. The number of nitriles is 1. The molecule has 2 heteroatoms. The SMILES string of the molecule is C#C[C@@H]1[C@H](OCC=C)CCC[C@]1(C#N)CCC(=C)C. The van der Waals surface area contributed by atoms with Crippen molar-refractivity contribution in [2.75, 3.05) is 6.61 Å². The van der Waals surface area contributed by atoms with Gasteiger partial charge < -0.3 is 4.74 Å². The monoisotopic (exact) mass is 257 g/mol. The summed E-state index contributed by atoms with van der Waals surface area (Å²) in [5.74, 6) is 2.68. The molecule has 0 radical (unpaired) electrons. The normalized spacial score (nSPS) is 30.1. The van der Waals surface area contributed by atoms with Gasteiger partial charge in [-0.15, -0.1) is 19.6 Å². The Balaban J connectivity index is 2.88. The molecule has 0 bridgehead atoms. The molecule has 0 amide bonds. The highest BCUT2D eigenvalue weighted by atomic mass is 16.5. The summed E-state index contributed by atoms with van der Waals surface area (Å²) in [5, 5.41) is 9.65. The van der Waals surface area contributed by atoms with E-state index in [1.807, 2.05) is 6.92 Å². The maximum atomic E-state index is 9.65. The first-order chi connectivity index (χ1) is 9.09. The van der Waals surface area contributed by atoms with E-state index >= 15 is 0 Å². The quantitative estimate of drug-likeness (QED) is 0.535. The van der Waals surface area contributed by atoms with Gasteiger partial charge in [-0.2, -0.15) is 5.26 Å². The Morgan fingerprint density at radius 3 is 2.89 bits per heavy atom. The van der Waals surface area contributed by atoms with E-state index in [1.165, 1.54) is 0 Å². The number of ether oxygens (including phenoxy) is 1. The predicted molar refractivity (Wildman–Crippen MR) is 78.2 cm³/mol. The first-order valence-corrected chi connectivity index (χ1v) is 6.84. The minimum Gasteiger partial charge on any atom is -0.373 e. The smallest absolute Gasteiger partial charge is 0.0739 e. The van der Waals surface area contributed by atoms with E-state index in [0.717, 1.165) is 37.7 Å². The lowest BCUT2D eigenvalue weighted by molar-refractivity contribution is -0.0214. The maximum absolute atomic E-state index is 9.65. The number of hydrogen-bond acceptors (Lipinski definition) is 2. The van der Waals surface area contributed by atoms with E-state index in [9.17, 15) is 5.26 Å². The van der Waals surface area contributed by atoms with E-state index in [-0.39, 0.29) is 12.0 Å². The number of terminal acetylenes is 1. The van der Waals surface area contributed by atoms with Crippen LogP contribution in [0.5, 0.6) is 0 Å². The molecular formula is C17H23NO. The fourth-order valence-corrected chi connectivity index (χ4v) is 2.83. The van der Waals surface area contributed by atoms with Gasteiger partial charge in [0.25, 0.3) is 0 Å². The van der Waals surface area contributed by atoms with Gasteiger partial charge in [-0.3, -0.25) is 0 Å². The molecule has 19 heavy (non-hydrogen) atoms. The number of allylic oxidation sites excluding steroid dienone is 1. The highest BCUT2D eigenvalue weighted by molar-refractivity contribution is 5.17. The van der Waals surface area contributed by atoms with Crippen molar-refractivity contribution < 1.29 is 4.74 Å². The van der Waals surface area contributed by atoms with Gasteiger partial charge in [0.15, 0.2) is 0 Å². The second-order valence-electron chi connectivity index (χ2n) is 5.42. The van der Waals surface area contributed by atoms with Crippen molar-refractivity contribution in [2.24, 2.45) is 11.3 Å². The number of nitrogens with zero attached hydrogens (tertiary/aromatic N) is 1. The second-order valence-corrected chi connectivity index (χ2v) is 5.42. The minimum atomic E-state index is -0.461. The Bertz CT molecular complexity index is 412. The Morgan fingerprint density at radius 2 is 2.37 bits per heavy atom. The van der Waals surface area contributed by atoms with E-state index in [0.29, 0.717) is 6.61 Å². The molecule has 0 N–H and O–H groups in total. The molecule has 1 saturated carbocycles. The molecule has 0 saturated heterocycles. The lowest BCUT2D eigenvalue weighted by Crippen LogP contribution is -2.42. The van der Waals surface area contributed by atoms with Crippen LogP contribution in [0.2, 0.25) is 0 Å². The third-order valence-corrected chi connectivity index (χ3v) is 3.91. The molecule has 0 unspecified atom stereocenters. The average Bonchev–Trinajstić information content (AvgIpc) is 2.42. The van der Waals surface area contributed by atoms with Crippen LogP contribution in [0.4, 0.5) is 0 Å². The van der Waals surface area contributed by atoms with Crippen LogP contribution >= 0.6 is 0 Å². The molecule has 0 aromatic rings. The van der Waals surface area contributed by atoms with Crippen LogP contribution in [-0.2, 0) is 4.74 Å².